The molecule has 220 valence electrons. The Balaban J connectivity index is 1.33. The van der Waals surface area contributed by atoms with Crippen LogP contribution in [0.15, 0.2) is 30.3 Å². The van der Waals surface area contributed by atoms with Gasteiger partial charge in [0.05, 0.1) is 43.6 Å². The Bertz CT molecular complexity index is 1330. The highest BCUT2D eigenvalue weighted by molar-refractivity contribution is 5.90. The van der Waals surface area contributed by atoms with Crippen molar-refractivity contribution in [1.82, 2.24) is 20.3 Å². The lowest BCUT2D eigenvalue weighted by Gasteiger charge is -2.36. The van der Waals surface area contributed by atoms with Crippen LogP contribution in [0.3, 0.4) is 0 Å². The summed E-state index contributed by atoms with van der Waals surface area (Å²) in [6.07, 6.45) is 5.32. The molecule has 1 N–H and O–H groups in total. The molecule has 2 unspecified atom stereocenters. The summed E-state index contributed by atoms with van der Waals surface area (Å²) < 4.78 is 17.4. The van der Waals surface area contributed by atoms with Gasteiger partial charge in [0, 0.05) is 49.9 Å². The van der Waals surface area contributed by atoms with E-state index in [0.717, 1.165) is 72.4 Å². The predicted molar refractivity (Wildman–Crippen MR) is 163 cm³/mol. The van der Waals surface area contributed by atoms with Gasteiger partial charge in [0.2, 0.25) is 5.95 Å². The molecule has 9 nitrogen and oxygen atoms in total. The zero-order chi connectivity index (χ0) is 28.3. The number of anilines is 2. The van der Waals surface area contributed by atoms with Crippen molar-refractivity contribution < 1.29 is 14.2 Å². The summed E-state index contributed by atoms with van der Waals surface area (Å²) in [6.45, 7) is 11.9. The first-order valence-corrected chi connectivity index (χ1v) is 15.3. The molecular weight excluding hydrogens is 516 g/mol. The fourth-order valence-corrected chi connectivity index (χ4v) is 6.44. The molecule has 41 heavy (non-hydrogen) atoms. The number of aromatic nitrogens is 3. The third kappa shape index (κ3) is 6.42. The molecule has 2 saturated heterocycles. The first-order valence-electron chi connectivity index (χ1n) is 15.3. The Kier molecular flexibility index (Phi) is 8.55. The van der Waals surface area contributed by atoms with Crippen molar-refractivity contribution in [3.8, 4) is 17.0 Å². The smallest absolute Gasteiger partial charge is 0.229 e. The summed E-state index contributed by atoms with van der Waals surface area (Å²) >= 11 is 0. The van der Waals surface area contributed by atoms with Crippen LogP contribution in [0.1, 0.15) is 52.0 Å². The highest BCUT2D eigenvalue weighted by Crippen LogP contribution is 2.32. The van der Waals surface area contributed by atoms with Crippen LogP contribution in [0, 0.1) is 5.92 Å². The highest BCUT2D eigenvalue weighted by atomic mass is 16.5. The van der Waals surface area contributed by atoms with Crippen molar-refractivity contribution in [2.45, 2.75) is 71.2 Å². The normalized spacial score (nSPS) is 25.5. The lowest BCUT2D eigenvalue weighted by atomic mass is 9.87. The maximum absolute atomic E-state index is 5.99. The summed E-state index contributed by atoms with van der Waals surface area (Å²) in [6, 6.07) is 11.1. The number of hydrogen-bond donors (Lipinski definition) is 1. The molecule has 0 amide bonds. The SMILES string of the molecule is COc1ccc(-c2ccc3c(N4CCOCC4)nc(N4CC(C)OC(C)C4)nc3n2)cc1CNC1CCC(C)CC1. The van der Waals surface area contributed by atoms with Crippen LogP contribution in [0.25, 0.3) is 22.3 Å². The number of hydrogen-bond acceptors (Lipinski definition) is 9. The van der Waals surface area contributed by atoms with Gasteiger partial charge in [-0.1, -0.05) is 6.92 Å². The first kappa shape index (κ1) is 28.1. The molecule has 1 aromatic carbocycles. The van der Waals surface area contributed by atoms with E-state index in [4.69, 9.17) is 29.2 Å². The average molecular weight is 561 g/mol. The first-order chi connectivity index (χ1) is 20.0. The van der Waals surface area contributed by atoms with Crippen LogP contribution in [0.4, 0.5) is 11.8 Å². The van der Waals surface area contributed by atoms with E-state index in [1.165, 1.54) is 25.7 Å². The maximum Gasteiger partial charge on any atom is 0.229 e. The van der Waals surface area contributed by atoms with Crippen molar-refractivity contribution in [3.63, 3.8) is 0 Å². The van der Waals surface area contributed by atoms with Gasteiger partial charge < -0.3 is 29.3 Å². The Labute approximate surface area is 243 Å². The minimum absolute atomic E-state index is 0.118. The number of methoxy groups -OCH3 is 1. The third-order valence-corrected chi connectivity index (χ3v) is 8.71. The van der Waals surface area contributed by atoms with E-state index in [2.05, 4.69) is 66.2 Å². The molecule has 2 aliphatic heterocycles. The standard InChI is InChI=1S/C32H44N6O3/c1-21-5-8-26(9-6-21)33-18-25-17-24(7-12-29(25)39-4)28-11-10-27-30(34-28)35-32(38-19-22(2)41-23(3)20-38)36-31(27)37-13-15-40-16-14-37/h7,10-12,17,21-23,26,33H,5-6,8-9,13-16,18-20H2,1-4H3. The lowest BCUT2D eigenvalue weighted by Crippen LogP contribution is -2.46. The molecule has 1 aliphatic carbocycles. The van der Waals surface area contributed by atoms with Crippen LogP contribution < -0.4 is 19.9 Å². The van der Waals surface area contributed by atoms with Gasteiger partial charge in [-0.15, -0.1) is 0 Å². The summed E-state index contributed by atoms with van der Waals surface area (Å²) in [5, 5.41) is 4.75. The van der Waals surface area contributed by atoms with Crippen molar-refractivity contribution in [1.29, 1.82) is 0 Å². The summed E-state index contributed by atoms with van der Waals surface area (Å²) in [5.41, 5.74) is 3.82. The maximum atomic E-state index is 5.99. The highest BCUT2D eigenvalue weighted by Gasteiger charge is 2.27. The van der Waals surface area contributed by atoms with E-state index in [9.17, 15) is 0 Å². The molecule has 0 bridgehead atoms. The number of benzene rings is 1. The van der Waals surface area contributed by atoms with Gasteiger partial charge in [-0.3, -0.25) is 0 Å². The van der Waals surface area contributed by atoms with Gasteiger partial charge in [0.1, 0.15) is 11.6 Å². The van der Waals surface area contributed by atoms with Gasteiger partial charge >= 0.3 is 0 Å². The second-order valence-electron chi connectivity index (χ2n) is 12.0. The van der Waals surface area contributed by atoms with E-state index < -0.39 is 0 Å². The van der Waals surface area contributed by atoms with E-state index in [1.54, 1.807) is 7.11 Å². The molecule has 1 saturated carbocycles. The molecular formula is C32H44N6O3. The average Bonchev–Trinajstić information content (AvgIpc) is 2.99. The van der Waals surface area contributed by atoms with E-state index in [1.807, 2.05) is 0 Å². The topological polar surface area (TPSA) is 84.9 Å². The second kappa shape index (κ2) is 12.5. The number of ether oxygens (including phenoxy) is 3. The minimum atomic E-state index is 0.118. The molecule has 9 heteroatoms. The summed E-state index contributed by atoms with van der Waals surface area (Å²) in [5.74, 6) is 3.39. The second-order valence-corrected chi connectivity index (χ2v) is 12.0. The number of nitrogens with zero attached hydrogens (tertiary/aromatic N) is 5. The zero-order valence-electron chi connectivity index (χ0n) is 24.9. The van der Waals surface area contributed by atoms with Crippen molar-refractivity contribution in [3.05, 3.63) is 35.9 Å². The lowest BCUT2D eigenvalue weighted by molar-refractivity contribution is -0.00570. The Morgan fingerprint density at radius 2 is 1.66 bits per heavy atom. The molecule has 0 radical (unpaired) electrons. The monoisotopic (exact) mass is 560 g/mol. The minimum Gasteiger partial charge on any atom is -0.496 e. The predicted octanol–water partition coefficient (Wildman–Crippen LogP) is 4.82. The fourth-order valence-electron chi connectivity index (χ4n) is 6.44. The Hall–Kier alpha value is -3.01. The fraction of sp³-hybridized carbons (Fsp3) is 0.594. The zero-order valence-corrected chi connectivity index (χ0v) is 24.9. The molecule has 2 aromatic heterocycles. The van der Waals surface area contributed by atoms with E-state index in [0.29, 0.717) is 30.9 Å². The van der Waals surface area contributed by atoms with Crippen LogP contribution in [-0.4, -0.2) is 79.7 Å². The van der Waals surface area contributed by atoms with Crippen molar-refractivity contribution in [2.75, 3.05) is 56.3 Å². The van der Waals surface area contributed by atoms with E-state index >= 15 is 0 Å². The molecule has 2 atom stereocenters. The van der Waals surface area contributed by atoms with Gasteiger partial charge in [0.25, 0.3) is 0 Å². The van der Waals surface area contributed by atoms with Gasteiger partial charge in [-0.25, -0.2) is 4.98 Å². The third-order valence-electron chi connectivity index (χ3n) is 8.71. The largest absolute Gasteiger partial charge is 0.496 e. The van der Waals surface area contributed by atoms with Crippen LogP contribution >= 0.6 is 0 Å². The number of rotatable bonds is 7. The van der Waals surface area contributed by atoms with Crippen molar-refractivity contribution >= 4 is 22.8 Å². The molecule has 4 heterocycles. The molecule has 6 rings (SSSR count). The number of pyridine rings is 1. The van der Waals surface area contributed by atoms with Gasteiger partial charge in [-0.05, 0) is 75.8 Å². The molecule has 3 aliphatic rings. The summed E-state index contributed by atoms with van der Waals surface area (Å²) in [7, 11) is 1.74. The van der Waals surface area contributed by atoms with Crippen molar-refractivity contribution in [2.24, 2.45) is 5.92 Å². The molecule has 0 spiro atoms. The Morgan fingerprint density at radius 3 is 2.39 bits per heavy atom. The number of fused-ring (bicyclic) bond motifs is 1. The van der Waals surface area contributed by atoms with Crippen LogP contribution in [0.5, 0.6) is 5.75 Å². The molecule has 3 fully saturated rings. The summed E-state index contributed by atoms with van der Waals surface area (Å²) in [4.78, 5) is 19.8. The van der Waals surface area contributed by atoms with Crippen LogP contribution in [-0.2, 0) is 16.0 Å². The Morgan fingerprint density at radius 1 is 0.902 bits per heavy atom. The quantitative estimate of drug-likeness (QED) is 0.437. The van der Waals surface area contributed by atoms with Gasteiger partial charge in [0.15, 0.2) is 5.65 Å². The van der Waals surface area contributed by atoms with Gasteiger partial charge in [-0.2, -0.15) is 9.97 Å². The van der Waals surface area contributed by atoms with Crippen LogP contribution in [0.2, 0.25) is 0 Å². The number of nitrogens with one attached hydrogen (secondary N) is 1. The molecule has 3 aromatic rings. The van der Waals surface area contributed by atoms with E-state index in [-0.39, 0.29) is 12.2 Å². The number of morpholine rings is 2.